The van der Waals surface area contributed by atoms with Crippen LogP contribution in [0.3, 0.4) is 0 Å². The van der Waals surface area contributed by atoms with E-state index in [1.54, 1.807) is 30.5 Å². The zero-order valence-corrected chi connectivity index (χ0v) is 12.1. The van der Waals surface area contributed by atoms with Gasteiger partial charge in [0.2, 0.25) is 0 Å². The summed E-state index contributed by atoms with van der Waals surface area (Å²) in [5.41, 5.74) is 6.53. The van der Waals surface area contributed by atoms with Crippen molar-refractivity contribution in [3.8, 4) is 11.5 Å². The van der Waals surface area contributed by atoms with Crippen LogP contribution >= 0.6 is 0 Å². The Hall–Kier alpha value is -3.09. The molecule has 2 N–H and O–H groups in total. The average molecular weight is 301 g/mol. The molecule has 0 radical (unpaired) electrons. The Bertz CT molecular complexity index is 686. The quantitative estimate of drug-likeness (QED) is 0.390. The Labute approximate surface area is 127 Å². The summed E-state index contributed by atoms with van der Waals surface area (Å²) in [6, 6.07) is 8.05. The summed E-state index contributed by atoms with van der Waals surface area (Å²) in [5.74, 6) is 0.327. The predicted octanol–water partition coefficient (Wildman–Crippen LogP) is 1.58. The molecule has 7 nitrogen and oxygen atoms in total. The topological polar surface area (TPSA) is 96.0 Å². The van der Waals surface area contributed by atoms with Gasteiger partial charge >= 0.3 is 5.97 Å². The molecule has 114 valence electrons. The highest BCUT2D eigenvalue weighted by molar-refractivity contribution is 5.98. The molecule has 22 heavy (non-hydrogen) atoms. The van der Waals surface area contributed by atoms with Gasteiger partial charge in [-0.1, -0.05) is 5.16 Å². The van der Waals surface area contributed by atoms with Gasteiger partial charge in [-0.05, 0) is 30.3 Å². The van der Waals surface area contributed by atoms with Crippen LogP contribution in [0.15, 0.2) is 47.9 Å². The summed E-state index contributed by atoms with van der Waals surface area (Å²) in [6.45, 7) is 0. The monoisotopic (exact) mass is 301 g/mol. The van der Waals surface area contributed by atoms with Gasteiger partial charge in [-0.3, -0.25) is 4.98 Å². The molecule has 0 bridgehead atoms. The minimum atomic E-state index is -0.659. The summed E-state index contributed by atoms with van der Waals surface area (Å²) in [4.78, 5) is 20.7. The number of pyridine rings is 1. The molecule has 2 rings (SSSR count). The van der Waals surface area contributed by atoms with Crippen LogP contribution in [-0.4, -0.2) is 31.0 Å². The standard InChI is InChI=1S/C15H15N3O4/c1-20-12-6-5-10(8-13(12)21-2)15(19)22-18-14(16)11-4-3-7-17-9-11/h3-9H,1-2H3,(H2,16,18). The Kier molecular flexibility index (Phi) is 4.92. The number of ether oxygens (including phenoxy) is 2. The van der Waals surface area contributed by atoms with Gasteiger partial charge in [0.15, 0.2) is 17.3 Å². The molecule has 0 aliphatic heterocycles. The van der Waals surface area contributed by atoms with E-state index >= 15 is 0 Å². The van der Waals surface area contributed by atoms with Crippen LogP contribution in [0.25, 0.3) is 0 Å². The highest BCUT2D eigenvalue weighted by Gasteiger charge is 2.12. The van der Waals surface area contributed by atoms with Gasteiger partial charge in [0, 0.05) is 18.0 Å². The second kappa shape index (κ2) is 7.07. The minimum absolute atomic E-state index is 0.0573. The summed E-state index contributed by atoms with van der Waals surface area (Å²) < 4.78 is 10.2. The van der Waals surface area contributed by atoms with E-state index in [0.717, 1.165) is 0 Å². The normalized spacial score (nSPS) is 10.9. The first-order chi connectivity index (χ1) is 10.7. The lowest BCUT2D eigenvalue weighted by Crippen LogP contribution is -2.15. The van der Waals surface area contributed by atoms with E-state index in [9.17, 15) is 4.79 Å². The Morgan fingerprint density at radius 3 is 2.55 bits per heavy atom. The van der Waals surface area contributed by atoms with Crippen molar-refractivity contribution in [2.75, 3.05) is 14.2 Å². The zero-order valence-electron chi connectivity index (χ0n) is 12.1. The SMILES string of the molecule is COc1ccc(C(=O)O/N=C(\N)c2cccnc2)cc1OC. The highest BCUT2D eigenvalue weighted by atomic mass is 16.7. The molecule has 0 unspecified atom stereocenters. The van der Waals surface area contributed by atoms with Crippen LogP contribution < -0.4 is 15.2 Å². The van der Waals surface area contributed by atoms with Gasteiger partial charge in [-0.25, -0.2) is 4.79 Å². The molecule has 0 spiro atoms. The van der Waals surface area contributed by atoms with Gasteiger partial charge in [0.1, 0.15) is 0 Å². The number of aromatic nitrogens is 1. The minimum Gasteiger partial charge on any atom is -0.493 e. The number of hydrogen-bond acceptors (Lipinski definition) is 6. The summed E-state index contributed by atoms with van der Waals surface area (Å²) in [5, 5.41) is 3.60. The Morgan fingerprint density at radius 1 is 1.14 bits per heavy atom. The predicted molar refractivity (Wildman–Crippen MR) is 79.9 cm³/mol. The van der Waals surface area contributed by atoms with E-state index in [1.807, 2.05) is 0 Å². The molecule has 7 heteroatoms. The fourth-order valence-electron chi connectivity index (χ4n) is 1.67. The van der Waals surface area contributed by atoms with E-state index in [2.05, 4.69) is 10.1 Å². The number of amidine groups is 1. The second-order valence-electron chi connectivity index (χ2n) is 4.17. The Balaban J connectivity index is 2.12. The molecule has 0 atom stereocenters. The van der Waals surface area contributed by atoms with Crippen LogP contribution in [0, 0.1) is 0 Å². The number of benzene rings is 1. The molecule has 0 saturated carbocycles. The summed E-state index contributed by atoms with van der Waals surface area (Å²) >= 11 is 0. The van der Waals surface area contributed by atoms with Crippen LogP contribution in [0.4, 0.5) is 0 Å². The number of nitrogens with zero attached hydrogens (tertiary/aromatic N) is 2. The van der Waals surface area contributed by atoms with E-state index in [0.29, 0.717) is 17.1 Å². The molecule has 0 fully saturated rings. The number of oxime groups is 1. The molecule has 0 aliphatic carbocycles. The first kappa shape index (κ1) is 15.3. The van der Waals surface area contributed by atoms with Crippen molar-refractivity contribution in [3.05, 3.63) is 53.9 Å². The fourth-order valence-corrected chi connectivity index (χ4v) is 1.67. The number of nitrogens with two attached hydrogens (primary N) is 1. The molecule has 0 amide bonds. The van der Waals surface area contributed by atoms with Crippen molar-refractivity contribution in [1.29, 1.82) is 0 Å². The lowest BCUT2D eigenvalue weighted by Gasteiger charge is -2.08. The number of rotatable bonds is 5. The Morgan fingerprint density at radius 2 is 1.91 bits per heavy atom. The van der Waals surface area contributed by atoms with Gasteiger partial charge in [0.05, 0.1) is 19.8 Å². The third-order valence-electron chi connectivity index (χ3n) is 2.80. The lowest BCUT2D eigenvalue weighted by molar-refractivity contribution is 0.0515. The van der Waals surface area contributed by atoms with Crippen molar-refractivity contribution in [1.82, 2.24) is 4.98 Å². The van der Waals surface area contributed by atoms with Crippen LogP contribution in [0.2, 0.25) is 0 Å². The first-order valence-electron chi connectivity index (χ1n) is 6.33. The maximum atomic E-state index is 12.0. The van der Waals surface area contributed by atoms with Crippen molar-refractivity contribution in [2.24, 2.45) is 10.9 Å². The molecule has 2 aromatic rings. The molecule has 0 aliphatic rings. The van der Waals surface area contributed by atoms with Crippen LogP contribution in [0.5, 0.6) is 11.5 Å². The largest absolute Gasteiger partial charge is 0.493 e. The zero-order chi connectivity index (χ0) is 15.9. The van der Waals surface area contributed by atoms with Crippen molar-refractivity contribution in [2.45, 2.75) is 0 Å². The maximum Gasteiger partial charge on any atom is 0.365 e. The number of carbonyl (C=O) groups excluding carboxylic acids is 1. The molecule has 1 aromatic heterocycles. The molecule has 0 saturated heterocycles. The van der Waals surface area contributed by atoms with Crippen LogP contribution in [0.1, 0.15) is 15.9 Å². The van der Waals surface area contributed by atoms with E-state index in [4.69, 9.17) is 20.0 Å². The fraction of sp³-hybridized carbons (Fsp3) is 0.133. The molecule has 1 aromatic carbocycles. The third-order valence-corrected chi connectivity index (χ3v) is 2.80. The molecular formula is C15H15N3O4. The van der Waals surface area contributed by atoms with Gasteiger partial charge in [0.25, 0.3) is 0 Å². The van der Waals surface area contributed by atoms with Crippen LogP contribution in [-0.2, 0) is 4.84 Å². The van der Waals surface area contributed by atoms with E-state index < -0.39 is 5.97 Å². The van der Waals surface area contributed by atoms with Crippen molar-refractivity contribution in [3.63, 3.8) is 0 Å². The average Bonchev–Trinajstić information content (AvgIpc) is 2.59. The second-order valence-corrected chi connectivity index (χ2v) is 4.17. The van der Waals surface area contributed by atoms with Crippen molar-refractivity contribution < 1.29 is 19.1 Å². The smallest absolute Gasteiger partial charge is 0.365 e. The third kappa shape index (κ3) is 3.51. The number of carbonyl (C=O) groups is 1. The van der Waals surface area contributed by atoms with Crippen molar-refractivity contribution >= 4 is 11.8 Å². The highest BCUT2D eigenvalue weighted by Crippen LogP contribution is 2.27. The van der Waals surface area contributed by atoms with Gasteiger partial charge < -0.3 is 20.0 Å². The van der Waals surface area contributed by atoms with E-state index in [1.165, 1.54) is 26.5 Å². The number of hydrogen-bond donors (Lipinski definition) is 1. The molecule has 1 heterocycles. The first-order valence-corrected chi connectivity index (χ1v) is 6.33. The van der Waals surface area contributed by atoms with Gasteiger partial charge in [-0.2, -0.15) is 0 Å². The summed E-state index contributed by atoms with van der Waals surface area (Å²) in [6.07, 6.45) is 3.12. The maximum absolute atomic E-state index is 12.0. The van der Waals surface area contributed by atoms with Gasteiger partial charge in [-0.15, -0.1) is 0 Å². The summed E-state index contributed by atoms with van der Waals surface area (Å²) in [7, 11) is 2.99. The molecular weight excluding hydrogens is 286 g/mol. The van der Waals surface area contributed by atoms with E-state index in [-0.39, 0.29) is 11.4 Å². The lowest BCUT2D eigenvalue weighted by atomic mass is 10.2. The number of methoxy groups -OCH3 is 2.